The lowest BCUT2D eigenvalue weighted by Crippen LogP contribution is -1.96. The zero-order chi connectivity index (χ0) is 27.1. The predicted octanol–water partition coefficient (Wildman–Crippen LogP) is 7.88. The number of carbonyl (C=O) groups is 2. The van der Waals surface area contributed by atoms with Gasteiger partial charge in [0.25, 0.3) is 0 Å². The monoisotopic (exact) mass is 474 g/mol. The highest BCUT2D eigenvalue weighted by Crippen LogP contribution is 2.21. The Morgan fingerprint density at radius 2 is 1.56 bits per heavy atom. The van der Waals surface area contributed by atoms with Gasteiger partial charge in [0.05, 0.1) is 7.11 Å². The largest absolute Gasteiger partial charge is 0.497 e. The van der Waals surface area contributed by atoms with Crippen LogP contribution < -0.4 is 4.74 Å². The third-order valence-corrected chi connectivity index (χ3v) is 3.82. The Morgan fingerprint density at radius 3 is 1.97 bits per heavy atom. The van der Waals surface area contributed by atoms with E-state index in [1.165, 1.54) is 6.07 Å². The number of carboxylic acids is 1. The summed E-state index contributed by atoms with van der Waals surface area (Å²) in [5.74, 6) is 0.799. The molecule has 0 aliphatic heterocycles. The third kappa shape index (κ3) is 13.1. The highest BCUT2D eigenvalue weighted by Gasteiger charge is 2.13. The van der Waals surface area contributed by atoms with Crippen LogP contribution in [0.1, 0.15) is 75.9 Å². The molecule has 34 heavy (non-hydrogen) atoms. The van der Waals surface area contributed by atoms with Crippen LogP contribution in [-0.4, -0.2) is 25.0 Å². The Labute approximate surface area is 205 Å². The lowest BCUT2D eigenvalue weighted by Gasteiger charge is -2.07. The van der Waals surface area contributed by atoms with E-state index in [1.54, 1.807) is 14.0 Å². The maximum Gasteiger partial charge on any atom is 0.371 e. The quantitative estimate of drug-likeness (QED) is 0.309. The fourth-order valence-electron chi connectivity index (χ4n) is 2.26. The Bertz CT molecular complexity index is 858. The van der Waals surface area contributed by atoms with Gasteiger partial charge in [0.2, 0.25) is 5.76 Å². The summed E-state index contributed by atoms with van der Waals surface area (Å²) in [6, 6.07) is 8.99. The molecule has 1 aromatic carbocycles. The molecule has 0 atom stereocenters. The fourth-order valence-corrected chi connectivity index (χ4v) is 2.26. The molecule has 0 aliphatic carbocycles. The SMILES string of the molecule is C=C(/C=C\C(=C/C)OC)c1ccc(OCc2cc(C(=O)O)oc2C)cc1.C=O.CC.CC.CC. The van der Waals surface area contributed by atoms with Gasteiger partial charge in [-0.05, 0) is 55.3 Å². The number of carbonyl (C=O) groups excluding carboxylic acids is 1. The summed E-state index contributed by atoms with van der Waals surface area (Å²) in [4.78, 5) is 18.9. The lowest BCUT2D eigenvalue weighted by atomic mass is 10.1. The summed E-state index contributed by atoms with van der Waals surface area (Å²) in [5.41, 5.74) is 2.52. The number of benzene rings is 1. The molecule has 2 rings (SSSR count). The first-order chi connectivity index (χ1) is 16.4. The number of furan rings is 1. The number of hydrogen-bond donors (Lipinski definition) is 1. The van der Waals surface area contributed by atoms with E-state index in [0.29, 0.717) is 17.1 Å². The van der Waals surface area contributed by atoms with E-state index < -0.39 is 5.97 Å². The smallest absolute Gasteiger partial charge is 0.371 e. The highest BCUT2D eigenvalue weighted by molar-refractivity contribution is 5.84. The standard InChI is InChI=1S/C21H22O5.3C2H6.CH2O/c1-5-18(24-4)9-6-14(2)16-7-10-19(11-8-16)25-13-17-12-20(21(22)23)26-15(17)3;4*1-2/h5-12H,2,13H2,1,3-4H3,(H,22,23);3*1-2H3;1H2/b9-6-,18-5+;;;;. The molecule has 0 saturated heterocycles. The normalized spacial score (nSPS) is 9.50. The molecule has 0 amide bonds. The van der Waals surface area contributed by atoms with E-state index in [9.17, 15) is 4.79 Å². The second-order valence-electron chi connectivity index (χ2n) is 5.56. The molecule has 6 nitrogen and oxygen atoms in total. The summed E-state index contributed by atoms with van der Waals surface area (Å²) in [5, 5.41) is 8.94. The Balaban J connectivity index is -0.00000108. The number of allylic oxidation sites excluding steroid dienone is 4. The Hall–Kier alpha value is -3.54. The fraction of sp³-hybridized carbons (Fsp3) is 0.357. The number of hydrogen-bond acceptors (Lipinski definition) is 5. The van der Waals surface area contributed by atoms with Gasteiger partial charge in [-0.25, -0.2) is 4.79 Å². The van der Waals surface area contributed by atoms with Gasteiger partial charge in [0.15, 0.2) is 0 Å². The topological polar surface area (TPSA) is 86.0 Å². The van der Waals surface area contributed by atoms with Crippen LogP contribution in [-0.2, 0) is 16.1 Å². The zero-order valence-corrected chi connectivity index (χ0v) is 22.2. The van der Waals surface area contributed by atoms with E-state index in [0.717, 1.165) is 16.9 Å². The molecule has 1 N–H and O–H groups in total. The number of aromatic carboxylic acids is 1. The lowest BCUT2D eigenvalue weighted by molar-refractivity contribution is -0.0980. The number of methoxy groups -OCH3 is 1. The van der Waals surface area contributed by atoms with Crippen LogP contribution >= 0.6 is 0 Å². The first-order valence-corrected chi connectivity index (χ1v) is 11.4. The van der Waals surface area contributed by atoms with Crippen molar-refractivity contribution in [2.24, 2.45) is 0 Å². The zero-order valence-electron chi connectivity index (χ0n) is 22.2. The van der Waals surface area contributed by atoms with Gasteiger partial charge < -0.3 is 23.8 Å². The first kappa shape index (κ1) is 35.1. The van der Waals surface area contributed by atoms with Crippen molar-refractivity contribution in [1.29, 1.82) is 0 Å². The van der Waals surface area contributed by atoms with Crippen molar-refractivity contribution < 1.29 is 28.6 Å². The summed E-state index contributed by atoms with van der Waals surface area (Å²) in [6.07, 6.45) is 5.61. The van der Waals surface area contributed by atoms with Crippen molar-refractivity contribution in [3.05, 3.63) is 83.5 Å². The minimum absolute atomic E-state index is 0.0870. The number of ether oxygens (including phenoxy) is 2. The third-order valence-electron chi connectivity index (χ3n) is 3.82. The predicted molar refractivity (Wildman–Crippen MR) is 141 cm³/mol. The van der Waals surface area contributed by atoms with Gasteiger partial charge in [-0.2, -0.15) is 0 Å². The van der Waals surface area contributed by atoms with Crippen molar-refractivity contribution in [1.82, 2.24) is 0 Å². The molecule has 0 fully saturated rings. The summed E-state index contributed by atoms with van der Waals surface area (Å²) < 4.78 is 16.0. The Morgan fingerprint density at radius 1 is 1.03 bits per heavy atom. The molecular weight excluding hydrogens is 432 g/mol. The molecule has 2 aromatic rings. The number of rotatable bonds is 8. The van der Waals surface area contributed by atoms with Crippen molar-refractivity contribution in [2.75, 3.05) is 7.11 Å². The van der Waals surface area contributed by atoms with Gasteiger partial charge in [0, 0.05) is 5.56 Å². The number of aryl methyl sites for hydroxylation is 1. The van der Waals surface area contributed by atoms with Gasteiger partial charge in [-0.15, -0.1) is 0 Å². The van der Waals surface area contributed by atoms with Gasteiger partial charge in [-0.1, -0.05) is 66.3 Å². The molecule has 0 spiro atoms. The maximum absolute atomic E-state index is 10.9. The minimum atomic E-state index is -1.09. The maximum atomic E-state index is 10.9. The van der Waals surface area contributed by atoms with Crippen LogP contribution in [0.5, 0.6) is 5.75 Å². The minimum Gasteiger partial charge on any atom is -0.497 e. The molecule has 0 radical (unpaired) electrons. The van der Waals surface area contributed by atoms with Crippen molar-refractivity contribution in [3.63, 3.8) is 0 Å². The van der Waals surface area contributed by atoms with Crippen LogP contribution in [0.4, 0.5) is 0 Å². The van der Waals surface area contributed by atoms with Crippen LogP contribution in [0.25, 0.3) is 5.57 Å². The van der Waals surface area contributed by atoms with Crippen molar-refractivity contribution in [3.8, 4) is 5.75 Å². The number of carboxylic acid groups (broad SMARTS) is 1. The molecular formula is C28H42O6. The van der Waals surface area contributed by atoms with E-state index in [4.69, 9.17) is 23.8 Å². The Kier molecular flexibility index (Phi) is 23.4. The van der Waals surface area contributed by atoms with E-state index >= 15 is 0 Å². The highest BCUT2D eigenvalue weighted by atomic mass is 16.5. The molecule has 0 unspecified atom stereocenters. The second-order valence-corrected chi connectivity index (χ2v) is 5.56. The van der Waals surface area contributed by atoms with Crippen LogP contribution in [0, 0.1) is 6.92 Å². The average Bonchev–Trinajstić information content (AvgIpc) is 3.29. The first-order valence-electron chi connectivity index (χ1n) is 11.4. The van der Waals surface area contributed by atoms with Gasteiger partial charge in [0.1, 0.15) is 30.7 Å². The molecule has 1 aromatic heterocycles. The van der Waals surface area contributed by atoms with E-state index in [-0.39, 0.29) is 12.4 Å². The van der Waals surface area contributed by atoms with Crippen LogP contribution in [0.3, 0.4) is 0 Å². The van der Waals surface area contributed by atoms with Crippen LogP contribution in [0.15, 0.2) is 65.3 Å². The molecule has 0 saturated carbocycles. The van der Waals surface area contributed by atoms with Gasteiger partial charge >= 0.3 is 5.97 Å². The second kappa shape index (κ2) is 22.6. The molecule has 0 bridgehead atoms. The van der Waals surface area contributed by atoms with Crippen molar-refractivity contribution in [2.45, 2.75) is 62.0 Å². The van der Waals surface area contributed by atoms with E-state index in [2.05, 4.69) is 6.58 Å². The summed E-state index contributed by atoms with van der Waals surface area (Å²) in [6.45, 7) is 21.9. The van der Waals surface area contributed by atoms with Crippen molar-refractivity contribution >= 4 is 18.3 Å². The van der Waals surface area contributed by atoms with Crippen LogP contribution in [0.2, 0.25) is 0 Å². The molecule has 6 heteroatoms. The molecule has 190 valence electrons. The summed E-state index contributed by atoms with van der Waals surface area (Å²) in [7, 11) is 1.62. The average molecular weight is 475 g/mol. The van der Waals surface area contributed by atoms with E-state index in [1.807, 2.05) is 97.7 Å². The molecule has 0 aliphatic rings. The molecule has 1 heterocycles. The summed E-state index contributed by atoms with van der Waals surface area (Å²) >= 11 is 0. The van der Waals surface area contributed by atoms with Gasteiger partial charge in [-0.3, -0.25) is 0 Å².